The molecule has 0 atom stereocenters. The highest BCUT2D eigenvalue weighted by atomic mass is 35.5. The minimum Gasteiger partial charge on any atom is -0.456 e. The maximum atomic E-state index is 6.07. The van der Waals surface area contributed by atoms with E-state index in [1.54, 1.807) is 18.2 Å². The number of hydrogen-bond donors (Lipinski definition) is 1. The maximum absolute atomic E-state index is 6.07. The van der Waals surface area contributed by atoms with Crippen LogP contribution in [0.5, 0.6) is 11.5 Å². The first-order valence-corrected chi connectivity index (χ1v) is 6.87. The average molecular weight is 296 g/mol. The van der Waals surface area contributed by atoms with Crippen molar-refractivity contribution in [2.45, 2.75) is 13.5 Å². The van der Waals surface area contributed by atoms with E-state index in [9.17, 15) is 0 Å². The van der Waals surface area contributed by atoms with E-state index in [0.717, 1.165) is 24.4 Å². The normalized spacial score (nSPS) is 10.5. The molecule has 0 unspecified atom stereocenters. The summed E-state index contributed by atoms with van der Waals surface area (Å²) in [5.41, 5.74) is 1.16. The molecule has 0 bridgehead atoms. The molecule has 0 fully saturated rings. The largest absolute Gasteiger partial charge is 0.456 e. The molecule has 0 aliphatic heterocycles. The van der Waals surface area contributed by atoms with E-state index in [2.05, 4.69) is 18.3 Å². The molecule has 0 saturated carbocycles. The number of rotatable bonds is 5. The lowest BCUT2D eigenvalue weighted by atomic mass is 10.2. The van der Waals surface area contributed by atoms with Gasteiger partial charge in [-0.3, -0.25) is 0 Å². The molecule has 2 aromatic carbocycles. The molecule has 0 spiro atoms. The zero-order valence-electron chi connectivity index (χ0n) is 10.6. The smallest absolute Gasteiger partial charge is 0.147 e. The summed E-state index contributed by atoms with van der Waals surface area (Å²) in [6, 6.07) is 13.1. The molecule has 0 heterocycles. The molecular weight excluding hydrogens is 281 g/mol. The summed E-state index contributed by atoms with van der Waals surface area (Å²) in [5.74, 6) is 1.31. The Kier molecular flexibility index (Phi) is 5.08. The van der Waals surface area contributed by atoms with Crippen molar-refractivity contribution >= 4 is 23.2 Å². The van der Waals surface area contributed by atoms with Crippen LogP contribution in [0.4, 0.5) is 0 Å². The van der Waals surface area contributed by atoms with Crippen LogP contribution in [0.3, 0.4) is 0 Å². The summed E-state index contributed by atoms with van der Waals surface area (Å²) < 4.78 is 5.77. The van der Waals surface area contributed by atoms with Gasteiger partial charge in [0.05, 0.1) is 5.02 Å². The van der Waals surface area contributed by atoms with Crippen LogP contribution in [-0.2, 0) is 6.54 Å². The molecule has 0 saturated heterocycles. The average Bonchev–Trinajstić information content (AvgIpc) is 2.41. The van der Waals surface area contributed by atoms with Crippen molar-refractivity contribution in [3.63, 3.8) is 0 Å². The fourth-order valence-corrected chi connectivity index (χ4v) is 1.99. The van der Waals surface area contributed by atoms with Gasteiger partial charge in [0.1, 0.15) is 11.5 Å². The molecule has 1 N–H and O–H groups in total. The van der Waals surface area contributed by atoms with Crippen LogP contribution in [0.15, 0.2) is 42.5 Å². The minimum atomic E-state index is 0.543. The monoisotopic (exact) mass is 295 g/mol. The van der Waals surface area contributed by atoms with E-state index in [1.165, 1.54) is 0 Å². The first-order valence-electron chi connectivity index (χ1n) is 6.11. The third-order valence-corrected chi connectivity index (χ3v) is 3.15. The quantitative estimate of drug-likeness (QED) is 0.847. The van der Waals surface area contributed by atoms with Crippen molar-refractivity contribution in [1.82, 2.24) is 5.32 Å². The van der Waals surface area contributed by atoms with Gasteiger partial charge in [0.2, 0.25) is 0 Å². The van der Waals surface area contributed by atoms with E-state index in [-0.39, 0.29) is 0 Å². The summed E-state index contributed by atoms with van der Waals surface area (Å²) in [5, 5.41) is 4.42. The minimum absolute atomic E-state index is 0.543. The van der Waals surface area contributed by atoms with Crippen molar-refractivity contribution in [3.05, 3.63) is 58.1 Å². The lowest BCUT2D eigenvalue weighted by Crippen LogP contribution is -2.11. The molecule has 19 heavy (non-hydrogen) atoms. The van der Waals surface area contributed by atoms with Crippen LogP contribution in [0.2, 0.25) is 10.0 Å². The van der Waals surface area contributed by atoms with Gasteiger partial charge in [0, 0.05) is 17.6 Å². The summed E-state index contributed by atoms with van der Waals surface area (Å²) in [7, 11) is 0. The Morgan fingerprint density at radius 3 is 2.74 bits per heavy atom. The third-order valence-electron chi connectivity index (χ3n) is 2.60. The lowest BCUT2D eigenvalue weighted by molar-refractivity contribution is 0.482. The highest BCUT2D eigenvalue weighted by molar-refractivity contribution is 6.34. The van der Waals surface area contributed by atoms with Crippen molar-refractivity contribution in [2.75, 3.05) is 6.54 Å². The predicted molar refractivity (Wildman–Crippen MR) is 80.4 cm³/mol. The first-order chi connectivity index (χ1) is 9.19. The predicted octanol–water partition coefficient (Wildman–Crippen LogP) is 4.90. The highest BCUT2D eigenvalue weighted by Crippen LogP contribution is 2.32. The fraction of sp³-hybridized carbons (Fsp3) is 0.200. The molecule has 2 rings (SSSR count). The van der Waals surface area contributed by atoms with Crippen LogP contribution in [0.1, 0.15) is 12.5 Å². The molecule has 2 aromatic rings. The molecule has 100 valence electrons. The zero-order valence-corrected chi connectivity index (χ0v) is 12.1. The van der Waals surface area contributed by atoms with Crippen molar-refractivity contribution < 1.29 is 4.74 Å². The van der Waals surface area contributed by atoms with Gasteiger partial charge in [-0.2, -0.15) is 0 Å². The molecule has 0 aliphatic rings. The van der Waals surface area contributed by atoms with Gasteiger partial charge < -0.3 is 10.1 Å². The SMILES string of the molecule is CCNCc1cccc(Oc2cc(Cl)ccc2Cl)c1. The number of halogens is 2. The zero-order chi connectivity index (χ0) is 13.7. The van der Waals surface area contributed by atoms with Gasteiger partial charge in [-0.25, -0.2) is 0 Å². The van der Waals surface area contributed by atoms with Gasteiger partial charge in [0.15, 0.2) is 0 Å². The number of nitrogens with one attached hydrogen (secondary N) is 1. The Balaban J connectivity index is 2.16. The van der Waals surface area contributed by atoms with Crippen molar-refractivity contribution in [3.8, 4) is 11.5 Å². The molecule has 0 radical (unpaired) electrons. The van der Waals surface area contributed by atoms with Gasteiger partial charge in [0.25, 0.3) is 0 Å². The van der Waals surface area contributed by atoms with E-state index >= 15 is 0 Å². The van der Waals surface area contributed by atoms with Crippen LogP contribution in [0.25, 0.3) is 0 Å². The molecule has 0 aliphatic carbocycles. The Morgan fingerprint density at radius 1 is 1.11 bits per heavy atom. The third kappa shape index (κ3) is 4.13. The summed E-state index contributed by atoms with van der Waals surface area (Å²) in [4.78, 5) is 0. The molecule has 4 heteroatoms. The van der Waals surface area contributed by atoms with Gasteiger partial charge in [-0.1, -0.05) is 42.3 Å². The van der Waals surface area contributed by atoms with Crippen LogP contribution in [0, 0.1) is 0 Å². The van der Waals surface area contributed by atoms with E-state index in [0.29, 0.717) is 15.8 Å². The lowest BCUT2D eigenvalue weighted by Gasteiger charge is -2.09. The van der Waals surface area contributed by atoms with Crippen LogP contribution < -0.4 is 10.1 Å². The van der Waals surface area contributed by atoms with Crippen molar-refractivity contribution in [2.24, 2.45) is 0 Å². The van der Waals surface area contributed by atoms with E-state index < -0.39 is 0 Å². The maximum Gasteiger partial charge on any atom is 0.147 e. The molecule has 0 amide bonds. The first kappa shape index (κ1) is 14.2. The topological polar surface area (TPSA) is 21.3 Å². The van der Waals surface area contributed by atoms with E-state index in [4.69, 9.17) is 27.9 Å². The summed E-state index contributed by atoms with van der Waals surface area (Å²) in [6.45, 7) is 3.83. The summed E-state index contributed by atoms with van der Waals surface area (Å²) >= 11 is 12.0. The second kappa shape index (κ2) is 6.80. The molecular formula is C15H15Cl2NO. The Labute approximate surface area is 123 Å². The Bertz CT molecular complexity index is 558. The Hall–Kier alpha value is -1.22. The van der Waals surface area contributed by atoms with Gasteiger partial charge in [-0.15, -0.1) is 0 Å². The van der Waals surface area contributed by atoms with Crippen LogP contribution >= 0.6 is 23.2 Å². The van der Waals surface area contributed by atoms with E-state index in [1.807, 2.05) is 18.2 Å². The Morgan fingerprint density at radius 2 is 1.95 bits per heavy atom. The highest BCUT2D eigenvalue weighted by Gasteiger charge is 2.04. The second-order valence-electron chi connectivity index (χ2n) is 4.10. The number of benzene rings is 2. The second-order valence-corrected chi connectivity index (χ2v) is 4.95. The van der Waals surface area contributed by atoms with Gasteiger partial charge in [-0.05, 0) is 36.4 Å². The molecule has 2 nitrogen and oxygen atoms in total. The molecule has 0 aromatic heterocycles. The summed E-state index contributed by atoms with van der Waals surface area (Å²) in [6.07, 6.45) is 0. The number of ether oxygens (including phenoxy) is 1. The standard InChI is InChI=1S/C15H15Cl2NO/c1-2-18-10-11-4-3-5-13(8-11)19-15-9-12(16)6-7-14(15)17/h3-9,18H,2,10H2,1H3. The van der Waals surface area contributed by atoms with Crippen LogP contribution in [-0.4, -0.2) is 6.54 Å². The number of hydrogen-bond acceptors (Lipinski definition) is 2. The fourth-order valence-electron chi connectivity index (χ4n) is 1.67. The van der Waals surface area contributed by atoms with Gasteiger partial charge >= 0.3 is 0 Å². The van der Waals surface area contributed by atoms with Crippen molar-refractivity contribution in [1.29, 1.82) is 0 Å².